The lowest BCUT2D eigenvalue weighted by atomic mass is 9.74. The summed E-state index contributed by atoms with van der Waals surface area (Å²) in [6, 6.07) is 10.8. The van der Waals surface area contributed by atoms with E-state index in [0.717, 1.165) is 71.3 Å². The number of carbonyl (C=O) groups excluding carboxylic acids is 1. The summed E-state index contributed by atoms with van der Waals surface area (Å²) in [7, 11) is 2.17. The minimum atomic E-state index is -0.309. The Balaban J connectivity index is 1.48. The Bertz CT molecular complexity index is 701. The Morgan fingerprint density at radius 2 is 1.87 bits per heavy atom. The third-order valence-electron chi connectivity index (χ3n) is 7.81. The smallest absolute Gasteiger partial charge is 0.225 e. The normalized spacial score (nSPS) is 33.5. The molecule has 1 aliphatic carbocycles. The first-order valence-corrected chi connectivity index (χ1v) is 12.1. The van der Waals surface area contributed by atoms with E-state index in [0.29, 0.717) is 13.2 Å². The van der Waals surface area contributed by atoms with Crippen LogP contribution in [0.3, 0.4) is 0 Å². The van der Waals surface area contributed by atoms with E-state index in [1.807, 2.05) is 6.07 Å². The molecular weight excluding hydrogens is 390 g/mol. The fourth-order valence-corrected chi connectivity index (χ4v) is 5.64. The van der Waals surface area contributed by atoms with Crippen molar-refractivity contribution in [1.82, 2.24) is 15.1 Å². The lowest BCUT2D eigenvalue weighted by Crippen LogP contribution is -2.52. The van der Waals surface area contributed by atoms with Crippen molar-refractivity contribution in [3.8, 4) is 0 Å². The van der Waals surface area contributed by atoms with Gasteiger partial charge in [0.2, 0.25) is 5.91 Å². The fraction of sp³-hybridized carbons (Fsp3) is 0.720. The second-order valence-electron chi connectivity index (χ2n) is 9.83. The zero-order valence-electron chi connectivity index (χ0n) is 19.0. The van der Waals surface area contributed by atoms with Crippen LogP contribution in [-0.2, 0) is 14.9 Å². The number of rotatable bonds is 5. The molecule has 0 unspecified atom stereocenters. The first-order chi connectivity index (χ1) is 15.1. The molecule has 1 saturated carbocycles. The highest BCUT2D eigenvalue weighted by atomic mass is 16.5. The summed E-state index contributed by atoms with van der Waals surface area (Å²) in [5.41, 5.74) is 1.15. The van der Waals surface area contributed by atoms with E-state index in [4.69, 9.17) is 4.74 Å². The molecule has 1 aromatic carbocycles. The standard InChI is InChI=1S/C25H39N3O3/c1-27-13-15-28(16-14-27)22-9-11-25(12-10-23(22)29,21-7-3-2-4-8-21)19-26-24(30)20-6-5-17-31-18-20/h2-4,7-8,20,22-23,29H,5-6,9-19H2,1H3,(H,26,30)/t20-,22+,23+,25+/m1/s1. The van der Waals surface area contributed by atoms with Gasteiger partial charge < -0.3 is 20.1 Å². The van der Waals surface area contributed by atoms with Gasteiger partial charge in [-0.25, -0.2) is 0 Å². The highest BCUT2D eigenvalue weighted by Gasteiger charge is 2.40. The summed E-state index contributed by atoms with van der Waals surface area (Å²) >= 11 is 0. The van der Waals surface area contributed by atoms with Crippen LogP contribution in [-0.4, -0.2) is 85.9 Å². The average Bonchev–Trinajstić information content (AvgIpc) is 2.99. The van der Waals surface area contributed by atoms with Crippen molar-refractivity contribution in [1.29, 1.82) is 0 Å². The van der Waals surface area contributed by atoms with Crippen LogP contribution >= 0.6 is 0 Å². The van der Waals surface area contributed by atoms with Crippen LogP contribution in [0, 0.1) is 5.92 Å². The van der Waals surface area contributed by atoms with E-state index in [1.165, 1.54) is 5.56 Å². The van der Waals surface area contributed by atoms with Crippen LogP contribution in [0.25, 0.3) is 0 Å². The quantitative estimate of drug-likeness (QED) is 0.701. The molecule has 3 aliphatic rings. The largest absolute Gasteiger partial charge is 0.391 e. The van der Waals surface area contributed by atoms with E-state index >= 15 is 0 Å². The van der Waals surface area contributed by atoms with Gasteiger partial charge in [-0.2, -0.15) is 0 Å². The lowest BCUT2D eigenvalue weighted by molar-refractivity contribution is -0.129. The second-order valence-corrected chi connectivity index (χ2v) is 9.83. The molecule has 4 rings (SSSR count). The number of piperazine rings is 1. The molecule has 31 heavy (non-hydrogen) atoms. The van der Waals surface area contributed by atoms with Crippen molar-refractivity contribution in [2.75, 3.05) is 53.0 Å². The summed E-state index contributed by atoms with van der Waals surface area (Å²) in [5.74, 6) is 0.0893. The van der Waals surface area contributed by atoms with Gasteiger partial charge in [0.25, 0.3) is 0 Å². The highest BCUT2D eigenvalue weighted by Crippen LogP contribution is 2.39. The fourth-order valence-electron chi connectivity index (χ4n) is 5.64. The average molecular weight is 430 g/mol. The number of hydrogen-bond donors (Lipinski definition) is 2. The molecular formula is C25H39N3O3. The number of amides is 1. The molecule has 1 aromatic rings. The number of nitrogens with one attached hydrogen (secondary N) is 1. The van der Waals surface area contributed by atoms with Gasteiger partial charge in [0.15, 0.2) is 0 Å². The third-order valence-corrected chi connectivity index (χ3v) is 7.81. The van der Waals surface area contributed by atoms with Crippen LogP contribution < -0.4 is 5.32 Å². The SMILES string of the molecule is CN1CCN([C@H]2CC[C@](CNC(=O)[C@@H]3CCCOC3)(c3ccccc3)CC[C@@H]2O)CC1. The second kappa shape index (κ2) is 10.4. The molecule has 2 N–H and O–H groups in total. The highest BCUT2D eigenvalue weighted by molar-refractivity contribution is 5.79. The van der Waals surface area contributed by atoms with Crippen molar-refractivity contribution in [2.45, 2.75) is 56.1 Å². The number of hydrogen-bond acceptors (Lipinski definition) is 5. The van der Waals surface area contributed by atoms with Crippen LogP contribution in [0.1, 0.15) is 44.1 Å². The summed E-state index contributed by atoms with van der Waals surface area (Å²) < 4.78 is 5.52. The van der Waals surface area contributed by atoms with Crippen LogP contribution in [0.2, 0.25) is 0 Å². The van der Waals surface area contributed by atoms with Gasteiger partial charge in [-0.1, -0.05) is 30.3 Å². The van der Waals surface area contributed by atoms with Crippen LogP contribution in [0.4, 0.5) is 0 Å². The molecule has 6 heteroatoms. The predicted molar refractivity (Wildman–Crippen MR) is 122 cm³/mol. The Morgan fingerprint density at radius 1 is 1.13 bits per heavy atom. The van der Waals surface area contributed by atoms with Gasteiger partial charge in [-0.05, 0) is 51.1 Å². The van der Waals surface area contributed by atoms with Crippen molar-refractivity contribution >= 4 is 5.91 Å². The molecule has 1 amide bonds. The van der Waals surface area contributed by atoms with Crippen LogP contribution in [0.5, 0.6) is 0 Å². The molecule has 0 aromatic heterocycles. The first kappa shape index (κ1) is 22.7. The minimum Gasteiger partial charge on any atom is -0.391 e. The topological polar surface area (TPSA) is 65.0 Å². The van der Waals surface area contributed by atoms with E-state index < -0.39 is 0 Å². The molecule has 172 valence electrons. The van der Waals surface area contributed by atoms with E-state index in [2.05, 4.69) is 46.4 Å². The lowest BCUT2D eigenvalue weighted by Gasteiger charge is -2.39. The Hall–Kier alpha value is -1.47. The molecule has 2 aliphatic heterocycles. The summed E-state index contributed by atoms with van der Waals surface area (Å²) in [6.45, 7) is 6.11. The number of aliphatic hydroxyl groups is 1. The number of likely N-dealkylation sites (N-methyl/N-ethyl adjacent to an activating group) is 1. The van der Waals surface area contributed by atoms with Gasteiger partial charge in [0, 0.05) is 50.8 Å². The zero-order valence-corrected chi connectivity index (χ0v) is 19.0. The Kier molecular flexibility index (Phi) is 7.64. The Morgan fingerprint density at radius 3 is 2.58 bits per heavy atom. The number of aliphatic hydroxyl groups excluding tert-OH is 1. The molecule has 0 spiro atoms. The van der Waals surface area contributed by atoms with Gasteiger partial charge in [-0.15, -0.1) is 0 Å². The number of nitrogens with zero attached hydrogens (tertiary/aromatic N) is 2. The summed E-state index contributed by atoms with van der Waals surface area (Å²) in [4.78, 5) is 17.7. The number of carbonyl (C=O) groups is 1. The van der Waals surface area contributed by atoms with Gasteiger partial charge in [0.05, 0.1) is 18.6 Å². The molecule has 0 radical (unpaired) electrons. The summed E-state index contributed by atoms with van der Waals surface area (Å²) in [5, 5.41) is 14.4. The predicted octanol–water partition coefficient (Wildman–Crippen LogP) is 2.02. The van der Waals surface area contributed by atoms with Crippen molar-refractivity contribution in [2.24, 2.45) is 5.92 Å². The van der Waals surface area contributed by atoms with Crippen molar-refractivity contribution in [3.63, 3.8) is 0 Å². The summed E-state index contributed by atoms with van der Waals surface area (Å²) in [6.07, 6.45) is 5.17. The van der Waals surface area contributed by atoms with Gasteiger partial charge in [-0.3, -0.25) is 9.69 Å². The van der Waals surface area contributed by atoms with Gasteiger partial charge >= 0.3 is 0 Å². The Labute approximate surface area is 186 Å². The minimum absolute atomic E-state index is 0.0315. The van der Waals surface area contributed by atoms with E-state index in [1.54, 1.807) is 0 Å². The molecule has 2 heterocycles. The third kappa shape index (κ3) is 5.48. The van der Waals surface area contributed by atoms with Crippen molar-refractivity contribution < 1.29 is 14.6 Å². The van der Waals surface area contributed by atoms with E-state index in [-0.39, 0.29) is 29.4 Å². The van der Waals surface area contributed by atoms with Crippen molar-refractivity contribution in [3.05, 3.63) is 35.9 Å². The maximum absolute atomic E-state index is 12.9. The molecule has 6 nitrogen and oxygen atoms in total. The molecule has 4 atom stereocenters. The maximum Gasteiger partial charge on any atom is 0.225 e. The van der Waals surface area contributed by atoms with Crippen LogP contribution in [0.15, 0.2) is 30.3 Å². The first-order valence-electron chi connectivity index (χ1n) is 12.1. The zero-order chi connectivity index (χ0) is 21.7. The molecule has 3 fully saturated rings. The van der Waals surface area contributed by atoms with Gasteiger partial charge in [0.1, 0.15) is 0 Å². The molecule has 0 bridgehead atoms. The number of ether oxygens (including phenoxy) is 1. The number of benzene rings is 1. The molecule has 2 saturated heterocycles. The monoisotopic (exact) mass is 429 g/mol. The van der Waals surface area contributed by atoms with E-state index in [9.17, 15) is 9.90 Å². The maximum atomic E-state index is 12.9.